The predicted octanol–water partition coefficient (Wildman–Crippen LogP) is 5.77. The molecule has 3 aliphatic carbocycles. The van der Waals surface area contributed by atoms with Crippen molar-refractivity contribution in [3.63, 3.8) is 0 Å². The lowest BCUT2D eigenvalue weighted by atomic mass is 9.59. The highest BCUT2D eigenvalue weighted by atomic mass is 79.9. The third-order valence-electron chi connectivity index (χ3n) is 7.72. The van der Waals surface area contributed by atoms with Gasteiger partial charge in [-0.15, -0.1) is 0 Å². The summed E-state index contributed by atoms with van der Waals surface area (Å²) in [6.45, 7) is 0. The first-order valence-electron chi connectivity index (χ1n) is 11.7. The number of rotatable bonds is 2. The molecule has 0 spiro atoms. The normalized spacial score (nSPS) is 27.1. The van der Waals surface area contributed by atoms with Crippen LogP contribution in [0.3, 0.4) is 0 Å². The van der Waals surface area contributed by atoms with Crippen LogP contribution >= 0.6 is 43.5 Å². The number of allylic oxidation sites excluding steroid dienone is 6. The van der Waals surface area contributed by atoms with Crippen molar-refractivity contribution in [2.75, 3.05) is 4.90 Å². The summed E-state index contributed by atoms with van der Waals surface area (Å²) in [4.78, 5) is 55.1. The summed E-state index contributed by atoms with van der Waals surface area (Å²) in [6, 6.07) is 11.5. The predicted molar refractivity (Wildman–Crippen MR) is 144 cm³/mol. The number of aromatic hydroxyl groups is 1. The van der Waals surface area contributed by atoms with E-state index in [-0.39, 0.29) is 45.6 Å². The van der Waals surface area contributed by atoms with Crippen LogP contribution in [0.15, 0.2) is 80.3 Å². The summed E-state index contributed by atoms with van der Waals surface area (Å²) in [5, 5.41) is 11.2. The highest BCUT2D eigenvalue weighted by molar-refractivity contribution is 9.12. The molecule has 1 saturated heterocycles. The van der Waals surface area contributed by atoms with Gasteiger partial charge in [0.15, 0.2) is 11.6 Å². The maximum absolute atomic E-state index is 13.8. The minimum absolute atomic E-state index is 0.0656. The molecular weight excluding hydrogens is 626 g/mol. The summed E-state index contributed by atoms with van der Waals surface area (Å²) >= 11 is 12.9. The molecule has 0 unspecified atom stereocenters. The molecule has 6 rings (SSSR count). The number of Topliss-reactive ketones (excluding diaryl/α,β-unsaturated/α-hetero) is 1. The second-order valence-electron chi connectivity index (χ2n) is 9.59. The van der Waals surface area contributed by atoms with Gasteiger partial charge >= 0.3 is 0 Å². The van der Waals surface area contributed by atoms with Crippen LogP contribution in [0, 0.1) is 17.8 Å². The minimum Gasteiger partial charge on any atom is -0.508 e. The van der Waals surface area contributed by atoms with Gasteiger partial charge in [0.05, 0.1) is 22.0 Å². The van der Waals surface area contributed by atoms with Crippen molar-refractivity contribution >= 4 is 72.5 Å². The first-order valence-corrected chi connectivity index (χ1v) is 13.6. The topological polar surface area (TPSA) is 91.8 Å². The van der Waals surface area contributed by atoms with Crippen LogP contribution in [0.4, 0.5) is 5.69 Å². The number of fused-ring (bicyclic) bond motifs is 3. The zero-order valence-electron chi connectivity index (χ0n) is 19.1. The Morgan fingerprint density at radius 3 is 2.41 bits per heavy atom. The molecule has 9 heteroatoms. The number of anilines is 1. The number of nitrogens with zero attached hydrogens (tertiary/aromatic N) is 1. The van der Waals surface area contributed by atoms with Gasteiger partial charge in [-0.25, -0.2) is 0 Å². The molecule has 0 saturated carbocycles. The molecule has 0 radical (unpaired) electrons. The number of amides is 2. The van der Waals surface area contributed by atoms with Gasteiger partial charge in [0.1, 0.15) is 5.75 Å². The Bertz CT molecular complexity index is 1520. The van der Waals surface area contributed by atoms with Crippen molar-refractivity contribution in [1.29, 1.82) is 0 Å². The Hall–Kier alpha value is -2.81. The van der Waals surface area contributed by atoms with Gasteiger partial charge in [-0.2, -0.15) is 0 Å². The molecule has 0 aromatic heterocycles. The second kappa shape index (κ2) is 8.89. The highest BCUT2D eigenvalue weighted by Crippen LogP contribution is 2.56. The standard InChI is InChI=1S/C28H18Br2ClNO5/c29-12-1-4-14(5-2-12)32-27(36)16-7-6-15-17(24(16)28(32)37)10-19-25(22(34)11-20(30)26(19)35)23(15)18-9-13(31)3-8-21(18)33/h1-6,8-9,11,16-17,23-24,33H,7,10H2/t16-,17+,23+,24-/m0/s1. The molecule has 4 aliphatic rings. The highest BCUT2D eigenvalue weighted by Gasteiger charge is 2.56. The van der Waals surface area contributed by atoms with E-state index in [1.807, 2.05) is 6.08 Å². The molecule has 6 nitrogen and oxygen atoms in total. The Morgan fingerprint density at radius 1 is 0.946 bits per heavy atom. The van der Waals surface area contributed by atoms with Crippen LogP contribution in [0.25, 0.3) is 0 Å². The van der Waals surface area contributed by atoms with Gasteiger partial charge in [-0.05, 0) is 77.2 Å². The summed E-state index contributed by atoms with van der Waals surface area (Å²) in [7, 11) is 0. The van der Waals surface area contributed by atoms with Crippen molar-refractivity contribution < 1.29 is 24.3 Å². The van der Waals surface area contributed by atoms with Crippen molar-refractivity contribution in [3.05, 3.63) is 90.9 Å². The van der Waals surface area contributed by atoms with Crippen molar-refractivity contribution in [1.82, 2.24) is 0 Å². The number of hydrogen-bond donors (Lipinski definition) is 1. The van der Waals surface area contributed by atoms with Crippen LogP contribution in [0.2, 0.25) is 5.02 Å². The molecule has 37 heavy (non-hydrogen) atoms. The molecule has 2 amide bonds. The molecule has 2 aromatic carbocycles. The van der Waals surface area contributed by atoms with Crippen molar-refractivity contribution in [2.24, 2.45) is 17.8 Å². The maximum Gasteiger partial charge on any atom is 0.238 e. The molecule has 2 aromatic rings. The van der Waals surface area contributed by atoms with E-state index in [1.54, 1.807) is 36.4 Å². The molecule has 1 heterocycles. The largest absolute Gasteiger partial charge is 0.508 e. The molecular formula is C28H18Br2ClNO5. The lowest BCUT2D eigenvalue weighted by molar-refractivity contribution is -0.123. The lowest BCUT2D eigenvalue weighted by Gasteiger charge is -2.42. The lowest BCUT2D eigenvalue weighted by Crippen LogP contribution is -2.39. The number of halogens is 3. The van der Waals surface area contributed by atoms with E-state index < -0.39 is 23.7 Å². The van der Waals surface area contributed by atoms with Crippen molar-refractivity contribution in [3.8, 4) is 5.75 Å². The smallest absolute Gasteiger partial charge is 0.238 e. The van der Waals surface area contributed by atoms with Gasteiger partial charge < -0.3 is 5.11 Å². The molecule has 0 bridgehead atoms. The van der Waals surface area contributed by atoms with Crippen LogP contribution < -0.4 is 4.90 Å². The quantitative estimate of drug-likeness (QED) is 0.255. The number of imide groups is 1. The fourth-order valence-corrected chi connectivity index (χ4v) is 7.06. The second-order valence-corrected chi connectivity index (χ2v) is 11.8. The van der Waals surface area contributed by atoms with E-state index in [1.165, 1.54) is 17.0 Å². The van der Waals surface area contributed by atoms with E-state index in [0.717, 1.165) is 10.0 Å². The van der Waals surface area contributed by atoms with Crippen LogP contribution in [-0.4, -0.2) is 28.5 Å². The first-order chi connectivity index (χ1) is 17.7. The van der Waals surface area contributed by atoms with E-state index in [2.05, 4.69) is 31.9 Å². The third kappa shape index (κ3) is 3.72. The number of hydrogen-bond acceptors (Lipinski definition) is 5. The number of ketones is 2. The van der Waals surface area contributed by atoms with E-state index in [4.69, 9.17) is 11.6 Å². The van der Waals surface area contributed by atoms with Gasteiger partial charge in [0.25, 0.3) is 0 Å². The van der Waals surface area contributed by atoms with E-state index in [0.29, 0.717) is 28.3 Å². The summed E-state index contributed by atoms with van der Waals surface area (Å²) < 4.78 is 0.974. The van der Waals surface area contributed by atoms with E-state index >= 15 is 0 Å². The molecule has 1 aliphatic heterocycles. The monoisotopic (exact) mass is 641 g/mol. The number of carbonyl (C=O) groups excluding carboxylic acids is 4. The molecule has 1 fully saturated rings. The number of carbonyl (C=O) groups is 4. The average molecular weight is 644 g/mol. The van der Waals surface area contributed by atoms with Gasteiger partial charge in [0.2, 0.25) is 11.8 Å². The van der Waals surface area contributed by atoms with Gasteiger partial charge in [-0.1, -0.05) is 39.2 Å². The first kappa shape index (κ1) is 24.5. The maximum atomic E-state index is 13.8. The summed E-state index contributed by atoms with van der Waals surface area (Å²) in [5.74, 6) is -3.85. The molecule has 186 valence electrons. The van der Waals surface area contributed by atoms with E-state index in [9.17, 15) is 24.3 Å². The van der Waals surface area contributed by atoms with Crippen molar-refractivity contribution in [2.45, 2.75) is 18.8 Å². The molecule has 4 atom stereocenters. The summed E-state index contributed by atoms with van der Waals surface area (Å²) in [5.41, 5.74) is 2.22. The zero-order valence-corrected chi connectivity index (χ0v) is 23.0. The summed E-state index contributed by atoms with van der Waals surface area (Å²) in [6.07, 6.45) is 3.63. The number of phenolic OH excluding ortho intramolecular Hbond substituents is 1. The number of phenols is 1. The SMILES string of the molecule is O=C1C=C(Br)C(=O)C2=C1[C@@H](c1cc(Cl)ccc1O)C1=CC[C@@H]3C(=O)N(c4ccc(Br)cc4)C(=O)[C@@H]3[C@@H]1C2. The van der Waals surface area contributed by atoms with Crippen LogP contribution in [-0.2, 0) is 19.2 Å². The average Bonchev–Trinajstić information content (AvgIpc) is 3.13. The Kier molecular flexibility index (Phi) is 5.89. The van der Waals surface area contributed by atoms with Crippen LogP contribution in [0.1, 0.15) is 24.3 Å². The zero-order chi connectivity index (χ0) is 26.2. The minimum atomic E-state index is -0.758. The number of benzene rings is 2. The Morgan fingerprint density at radius 2 is 1.68 bits per heavy atom. The fraction of sp³-hybridized carbons (Fsp3) is 0.214. The third-order valence-corrected chi connectivity index (χ3v) is 9.07. The fourth-order valence-electron chi connectivity index (χ4n) is 6.16. The van der Waals surface area contributed by atoms with Crippen LogP contribution in [0.5, 0.6) is 5.75 Å². The Labute approximate surface area is 233 Å². The molecule has 1 N–H and O–H groups in total. The van der Waals surface area contributed by atoms with Gasteiger partial charge in [-0.3, -0.25) is 24.1 Å². The van der Waals surface area contributed by atoms with Gasteiger partial charge in [0, 0.05) is 38.2 Å². The Balaban J connectivity index is 1.50.